The fourth-order valence-electron chi connectivity index (χ4n) is 3.00. The van der Waals surface area contributed by atoms with Gasteiger partial charge in [0.05, 0.1) is 22.5 Å². The van der Waals surface area contributed by atoms with Crippen molar-refractivity contribution in [2.24, 2.45) is 5.92 Å². The Bertz CT molecular complexity index is 791. The molecule has 3 rings (SSSR count). The quantitative estimate of drug-likeness (QED) is 0.770. The van der Waals surface area contributed by atoms with Crippen LogP contribution < -0.4 is 11.0 Å². The maximum atomic E-state index is 11.6. The molecule has 2 atom stereocenters. The minimum absolute atomic E-state index is 0.0184. The van der Waals surface area contributed by atoms with Gasteiger partial charge in [-0.15, -0.1) is 0 Å². The summed E-state index contributed by atoms with van der Waals surface area (Å²) in [5, 5.41) is 3.20. The number of nitrogens with one attached hydrogen (secondary N) is 3. The van der Waals surface area contributed by atoms with Crippen LogP contribution in [0.4, 0.5) is 0 Å². The van der Waals surface area contributed by atoms with E-state index in [4.69, 9.17) is 0 Å². The summed E-state index contributed by atoms with van der Waals surface area (Å²) in [5.74, 6) is 0.562. The van der Waals surface area contributed by atoms with Crippen LogP contribution in [0.2, 0.25) is 0 Å². The number of benzene rings is 1. The van der Waals surface area contributed by atoms with Gasteiger partial charge in [-0.05, 0) is 37.1 Å². The van der Waals surface area contributed by atoms with Gasteiger partial charge in [0.2, 0.25) is 0 Å². The molecule has 0 spiro atoms. The first-order valence-electron chi connectivity index (χ1n) is 6.58. The average Bonchev–Trinajstić information content (AvgIpc) is 2.91. The van der Waals surface area contributed by atoms with Crippen molar-refractivity contribution in [3.8, 4) is 0 Å². The number of fused-ring (bicyclic) bond motifs is 1. The van der Waals surface area contributed by atoms with Crippen LogP contribution in [0.15, 0.2) is 23.0 Å². The summed E-state index contributed by atoms with van der Waals surface area (Å²) in [5.41, 5.74) is 2.26. The Kier molecular flexibility index (Phi) is 3.18. The lowest BCUT2D eigenvalue weighted by Gasteiger charge is -2.22. The lowest BCUT2D eigenvalue weighted by molar-refractivity contribution is 0.419. The first-order chi connectivity index (χ1) is 9.48. The Morgan fingerprint density at radius 3 is 2.70 bits per heavy atom. The first-order valence-corrected chi connectivity index (χ1v) is 8.40. The summed E-state index contributed by atoms with van der Waals surface area (Å²) in [6, 6.07) is 5.66. The van der Waals surface area contributed by atoms with E-state index in [0.717, 1.165) is 16.6 Å². The predicted molar refractivity (Wildman–Crippen MR) is 77.5 cm³/mol. The van der Waals surface area contributed by atoms with E-state index >= 15 is 0 Å². The zero-order valence-corrected chi connectivity index (χ0v) is 12.0. The van der Waals surface area contributed by atoms with Crippen LogP contribution in [-0.2, 0) is 9.84 Å². The standard InChI is InChI=1S/C13H17N3O3S/c1-14-12(9-4-5-20(18,19)7-9)8-2-3-10-11(6-8)16-13(17)15-10/h2-3,6,9,12,14H,4-5,7H2,1H3,(H2,15,16,17). The number of aromatic nitrogens is 2. The predicted octanol–water partition coefficient (Wildman–Crippen LogP) is 0.551. The fourth-order valence-corrected chi connectivity index (χ4v) is 4.84. The third-order valence-electron chi connectivity index (χ3n) is 3.95. The van der Waals surface area contributed by atoms with E-state index in [0.29, 0.717) is 6.42 Å². The van der Waals surface area contributed by atoms with Crippen molar-refractivity contribution in [2.75, 3.05) is 18.6 Å². The van der Waals surface area contributed by atoms with Crippen LogP contribution in [0.1, 0.15) is 18.0 Å². The van der Waals surface area contributed by atoms with Crippen LogP contribution in [0, 0.1) is 5.92 Å². The molecule has 0 aliphatic carbocycles. The number of hydrogen-bond acceptors (Lipinski definition) is 4. The molecule has 1 fully saturated rings. The lowest BCUT2D eigenvalue weighted by Crippen LogP contribution is -2.26. The molecule has 1 aliphatic heterocycles. The zero-order valence-electron chi connectivity index (χ0n) is 11.1. The topological polar surface area (TPSA) is 94.8 Å². The molecule has 0 bridgehead atoms. The maximum absolute atomic E-state index is 11.6. The summed E-state index contributed by atoms with van der Waals surface area (Å²) >= 11 is 0. The second-order valence-electron chi connectivity index (χ2n) is 5.31. The number of rotatable bonds is 3. The number of imidazole rings is 1. The summed E-state index contributed by atoms with van der Waals surface area (Å²) in [6.07, 6.45) is 0.676. The van der Waals surface area contributed by atoms with Crippen molar-refractivity contribution >= 4 is 20.9 Å². The first kappa shape index (κ1) is 13.4. The van der Waals surface area contributed by atoms with E-state index in [1.807, 2.05) is 25.2 Å². The summed E-state index contributed by atoms with van der Waals surface area (Å²) in [7, 11) is -1.07. The van der Waals surface area contributed by atoms with Gasteiger partial charge in [-0.2, -0.15) is 0 Å². The number of hydrogen-bond donors (Lipinski definition) is 3. The highest BCUT2D eigenvalue weighted by atomic mass is 32.2. The summed E-state index contributed by atoms with van der Waals surface area (Å²) < 4.78 is 23.3. The molecule has 6 nitrogen and oxygen atoms in total. The highest BCUT2D eigenvalue weighted by Gasteiger charge is 2.33. The number of H-pyrrole nitrogens is 2. The Balaban J connectivity index is 1.96. The Morgan fingerprint density at radius 2 is 2.05 bits per heavy atom. The van der Waals surface area contributed by atoms with Gasteiger partial charge in [-0.1, -0.05) is 6.07 Å². The average molecular weight is 295 g/mol. The SMILES string of the molecule is CNC(c1ccc2[nH]c(=O)[nH]c2c1)C1CCS(=O)(=O)C1. The van der Waals surface area contributed by atoms with Gasteiger partial charge in [0.1, 0.15) is 0 Å². The number of aromatic amines is 2. The van der Waals surface area contributed by atoms with E-state index in [9.17, 15) is 13.2 Å². The highest BCUT2D eigenvalue weighted by molar-refractivity contribution is 7.91. The van der Waals surface area contributed by atoms with Crippen LogP contribution >= 0.6 is 0 Å². The molecule has 0 saturated carbocycles. The molecule has 1 saturated heterocycles. The minimum Gasteiger partial charge on any atom is -0.313 e. The largest absolute Gasteiger partial charge is 0.323 e. The molecule has 3 N–H and O–H groups in total. The van der Waals surface area contributed by atoms with Gasteiger partial charge < -0.3 is 15.3 Å². The van der Waals surface area contributed by atoms with Crippen LogP contribution in [-0.4, -0.2) is 36.9 Å². The van der Waals surface area contributed by atoms with E-state index in [2.05, 4.69) is 15.3 Å². The lowest BCUT2D eigenvalue weighted by atomic mass is 9.92. The second-order valence-corrected chi connectivity index (χ2v) is 7.54. The van der Waals surface area contributed by atoms with Gasteiger partial charge >= 0.3 is 5.69 Å². The van der Waals surface area contributed by atoms with Gasteiger partial charge in [0.25, 0.3) is 0 Å². The molecule has 1 aromatic carbocycles. The molecule has 0 amide bonds. The Morgan fingerprint density at radius 1 is 1.30 bits per heavy atom. The van der Waals surface area contributed by atoms with E-state index in [1.54, 1.807) is 0 Å². The van der Waals surface area contributed by atoms with Crippen LogP contribution in [0.3, 0.4) is 0 Å². The van der Waals surface area contributed by atoms with Crippen molar-refractivity contribution in [2.45, 2.75) is 12.5 Å². The van der Waals surface area contributed by atoms with Crippen molar-refractivity contribution in [3.63, 3.8) is 0 Å². The van der Waals surface area contributed by atoms with Crippen molar-refractivity contribution in [3.05, 3.63) is 34.2 Å². The Labute approximate surface area is 116 Å². The van der Waals surface area contributed by atoms with Crippen molar-refractivity contribution in [1.29, 1.82) is 0 Å². The number of sulfone groups is 1. The smallest absolute Gasteiger partial charge is 0.313 e. The molecule has 7 heteroatoms. The molecule has 0 radical (unpaired) electrons. The molecule has 2 heterocycles. The summed E-state index contributed by atoms with van der Waals surface area (Å²) in [4.78, 5) is 16.7. The molecule has 2 unspecified atom stereocenters. The van der Waals surface area contributed by atoms with Crippen LogP contribution in [0.5, 0.6) is 0 Å². The molecule has 20 heavy (non-hydrogen) atoms. The Hall–Kier alpha value is -1.60. The van der Waals surface area contributed by atoms with Gasteiger partial charge in [0.15, 0.2) is 9.84 Å². The molecule has 1 aliphatic rings. The van der Waals surface area contributed by atoms with Gasteiger partial charge in [-0.3, -0.25) is 0 Å². The third-order valence-corrected chi connectivity index (χ3v) is 5.74. The maximum Gasteiger partial charge on any atom is 0.323 e. The van der Waals surface area contributed by atoms with E-state index in [-0.39, 0.29) is 29.2 Å². The van der Waals surface area contributed by atoms with Crippen LogP contribution in [0.25, 0.3) is 11.0 Å². The molecular formula is C13H17N3O3S. The zero-order chi connectivity index (χ0) is 14.3. The monoisotopic (exact) mass is 295 g/mol. The fraction of sp³-hybridized carbons (Fsp3) is 0.462. The van der Waals surface area contributed by atoms with Crippen molar-refractivity contribution < 1.29 is 8.42 Å². The molecule has 2 aromatic rings. The van der Waals surface area contributed by atoms with E-state index in [1.165, 1.54) is 0 Å². The van der Waals surface area contributed by atoms with E-state index < -0.39 is 9.84 Å². The summed E-state index contributed by atoms with van der Waals surface area (Å²) in [6.45, 7) is 0. The van der Waals surface area contributed by atoms with Gasteiger partial charge in [0, 0.05) is 6.04 Å². The molecule has 108 valence electrons. The van der Waals surface area contributed by atoms with Crippen molar-refractivity contribution in [1.82, 2.24) is 15.3 Å². The van der Waals surface area contributed by atoms with Gasteiger partial charge in [-0.25, -0.2) is 13.2 Å². The molecule has 1 aromatic heterocycles. The minimum atomic E-state index is -2.90. The highest BCUT2D eigenvalue weighted by Crippen LogP contribution is 2.31. The third kappa shape index (κ3) is 2.38. The second kappa shape index (κ2) is 4.75. The normalized spacial score (nSPS) is 23.1. The molecular weight excluding hydrogens is 278 g/mol.